The zero-order chi connectivity index (χ0) is 13.2. The van der Waals surface area contributed by atoms with Gasteiger partial charge in [0.05, 0.1) is 4.83 Å². The fourth-order valence-corrected chi connectivity index (χ4v) is 2.42. The van der Waals surface area contributed by atoms with Crippen molar-refractivity contribution in [2.45, 2.75) is 18.1 Å². The van der Waals surface area contributed by atoms with Gasteiger partial charge in [0.25, 0.3) is 0 Å². The van der Waals surface area contributed by atoms with E-state index in [-0.39, 0.29) is 11.5 Å². The van der Waals surface area contributed by atoms with E-state index in [2.05, 4.69) is 36.6 Å². The fourth-order valence-electron chi connectivity index (χ4n) is 1.13. The maximum absolute atomic E-state index is 12.0. The van der Waals surface area contributed by atoms with E-state index in [0.29, 0.717) is 10.0 Å². The van der Waals surface area contributed by atoms with Crippen LogP contribution in [-0.4, -0.2) is 12.1 Å². The molecule has 0 N–H and O–H groups in total. The molecule has 0 heterocycles. The number of ether oxygens (including phenoxy) is 1. The van der Waals surface area contributed by atoms with Crippen LogP contribution in [0.5, 0.6) is 5.75 Å². The van der Waals surface area contributed by atoms with E-state index >= 15 is 0 Å². The van der Waals surface area contributed by atoms with E-state index in [1.165, 1.54) is 19.1 Å². The summed E-state index contributed by atoms with van der Waals surface area (Å²) in [5, 5.41) is 0. The molecular formula is C10H7Br2F3O2. The molecule has 94 valence electrons. The van der Waals surface area contributed by atoms with Gasteiger partial charge in [0, 0.05) is 4.47 Å². The SMILES string of the molecule is CC(=O)C(Br)c1ccc(OC(F)(F)F)cc1Br. The molecule has 0 amide bonds. The number of carbonyl (C=O) groups excluding carboxylic acids is 1. The fraction of sp³-hybridized carbons (Fsp3) is 0.300. The van der Waals surface area contributed by atoms with Crippen LogP contribution in [0.4, 0.5) is 13.2 Å². The molecule has 17 heavy (non-hydrogen) atoms. The van der Waals surface area contributed by atoms with Crippen LogP contribution < -0.4 is 4.74 Å². The Bertz CT molecular complexity index is 432. The van der Waals surface area contributed by atoms with Crippen LogP contribution in [0.3, 0.4) is 0 Å². The number of halogens is 5. The van der Waals surface area contributed by atoms with Crippen LogP contribution in [0, 0.1) is 0 Å². The van der Waals surface area contributed by atoms with Crippen molar-refractivity contribution in [1.82, 2.24) is 0 Å². The molecule has 0 aliphatic carbocycles. The third-order valence-electron chi connectivity index (χ3n) is 1.84. The Morgan fingerprint density at radius 1 is 1.41 bits per heavy atom. The number of Topliss-reactive ketones (excluding diaryl/α,β-unsaturated/α-hetero) is 1. The molecule has 1 atom stereocenters. The van der Waals surface area contributed by atoms with Gasteiger partial charge in [0.1, 0.15) is 11.5 Å². The molecule has 0 saturated heterocycles. The van der Waals surface area contributed by atoms with Gasteiger partial charge in [-0.15, -0.1) is 13.2 Å². The van der Waals surface area contributed by atoms with Gasteiger partial charge in [-0.2, -0.15) is 0 Å². The lowest BCUT2D eigenvalue weighted by atomic mass is 10.1. The maximum atomic E-state index is 12.0. The molecule has 1 aromatic carbocycles. The van der Waals surface area contributed by atoms with Crippen molar-refractivity contribution in [2.24, 2.45) is 0 Å². The van der Waals surface area contributed by atoms with Crippen molar-refractivity contribution >= 4 is 37.6 Å². The highest BCUT2D eigenvalue weighted by atomic mass is 79.9. The van der Waals surface area contributed by atoms with Crippen molar-refractivity contribution in [3.8, 4) is 5.75 Å². The molecule has 0 fully saturated rings. The quantitative estimate of drug-likeness (QED) is 0.733. The van der Waals surface area contributed by atoms with Crippen molar-refractivity contribution in [1.29, 1.82) is 0 Å². The molecule has 0 saturated carbocycles. The van der Waals surface area contributed by atoms with Gasteiger partial charge in [-0.3, -0.25) is 4.79 Å². The van der Waals surface area contributed by atoms with Gasteiger partial charge in [0.2, 0.25) is 0 Å². The van der Waals surface area contributed by atoms with Crippen molar-refractivity contribution in [3.05, 3.63) is 28.2 Å². The molecule has 1 rings (SSSR count). The monoisotopic (exact) mass is 374 g/mol. The minimum Gasteiger partial charge on any atom is -0.406 e. The molecule has 7 heteroatoms. The Hall–Kier alpha value is -0.560. The molecule has 0 aliphatic heterocycles. The molecule has 0 aromatic heterocycles. The number of alkyl halides is 4. The number of benzene rings is 1. The Morgan fingerprint density at radius 3 is 2.41 bits per heavy atom. The van der Waals surface area contributed by atoms with E-state index in [1.54, 1.807) is 0 Å². The zero-order valence-electron chi connectivity index (χ0n) is 8.52. The van der Waals surface area contributed by atoms with Crippen LogP contribution in [0.2, 0.25) is 0 Å². The van der Waals surface area contributed by atoms with Crippen molar-refractivity contribution in [3.63, 3.8) is 0 Å². The molecule has 0 aliphatic rings. The highest BCUT2D eigenvalue weighted by molar-refractivity contribution is 9.11. The van der Waals surface area contributed by atoms with E-state index in [0.717, 1.165) is 6.07 Å². The summed E-state index contributed by atoms with van der Waals surface area (Å²) in [6.45, 7) is 1.38. The zero-order valence-corrected chi connectivity index (χ0v) is 11.7. The Kier molecular flexibility index (Phi) is 4.60. The standard InChI is InChI=1S/C10H7Br2F3O2/c1-5(16)9(12)7-3-2-6(4-8(7)11)17-10(13,14)15/h2-4,9H,1H3. The highest BCUT2D eigenvalue weighted by Crippen LogP contribution is 2.34. The normalized spacial score (nSPS) is 13.3. The van der Waals surface area contributed by atoms with Crippen LogP contribution in [0.25, 0.3) is 0 Å². The lowest BCUT2D eigenvalue weighted by Crippen LogP contribution is -2.17. The van der Waals surface area contributed by atoms with Gasteiger partial charge in [-0.05, 0) is 24.6 Å². The summed E-state index contributed by atoms with van der Waals surface area (Å²) in [5.41, 5.74) is 0.548. The van der Waals surface area contributed by atoms with E-state index in [1.807, 2.05) is 0 Å². The average molecular weight is 376 g/mol. The number of hydrogen-bond donors (Lipinski definition) is 0. The smallest absolute Gasteiger partial charge is 0.406 e. The Labute approximate surface area is 112 Å². The first kappa shape index (κ1) is 14.5. The van der Waals surface area contributed by atoms with Crippen molar-refractivity contribution < 1.29 is 22.7 Å². The molecular weight excluding hydrogens is 369 g/mol. The first-order valence-corrected chi connectivity index (χ1v) is 6.11. The summed E-state index contributed by atoms with van der Waals surface area (Å²) in [5.74, 6) is -0.480. The first-order chi connectivity index (χ1) is 7.70. The van der Waals surface area contributed by atoms with Crippen LogP contribution >= 0.6 is 31.9 Å². The lowest BCUT2D eigenvalue weighted by molar-refractivity contribution is -0.274. The summed E-state index contributed by atoms with van der Waals surface area (Å²) in [6, 6.07) is 3.72. The second-order valence-corrected chi connectivity index (χ2v) is 4.97. The number of rotatable bonds is 3. The van der Waals surface area contributed by atoms with Crippen molar-refractivity contribution in [2.75, 3.05) is 0 Å². The third kappa shape index (κ3) is 4.31. The maximum Gasteiger partial charge on any atom is 0.573 e. The first-order valence-electron chi connectivity index (χ1n) is 4.40. The van der Waals surface area contributed by atoms with Gasteiger partial charge in [0.15, 0.2) is 0 Å². The minimum atomic E-state index is -4.73. The molecule has 0 radical (unpaired) electrons. The van der Waals surface area contributed by atoms with Crippen LogP contribution in [0.1, 0.15) is 17.3 Å². The van der Waals surface area contributed by atoms with E-state index < -0.39 is 11.2 Å². The summed E-state index contributed by atoms with van der Waals surface area (Å²) in [4.78, 5) is 10.6. The number of carbonyl (C=O) groups is 1. The van der Waals surface area contributed by atoms with E-state index in [4.69, 9.17) is 0 Å². The Balaban J connectivity index is 2.98. The van der Waals surface area contributed by atoms with Gasteiger partial charge >= 0.3 is 6.36 Å². The summed E-state index contributed by atoms with van der Waals surface area (Å²) < 4.78 is 40.0. The number of ketones is 1. The molecule has 0 bridgehead atoms. The van der Waals surface area contributed by atoms with Gasteiger partial charge in [-0.25, -0.2) is 0 Å². The second kappa shape index (κ2) is 5.39. The highest BCUT2D eigenvalue weighted by Gasteiger charge is 2.31. The van der Waals surface area contributed by atoms with Crippen LogP contribution in [-0.2, 0) is 4.79 Å². The second-order valence-electron chi connectivity index (χ2n) is 3.20. The average Bonchev–Trinajstić information content (AvgIpc) is 2.14. The predicted molar refractivity (Wildman–Crippen MR) is 63.2 cm³/mol. The van der Waals surface area contributed by atoms with Gasteiger partial charge in [-0.1, -0.05) is 37.9 Å². The molecule has 0 spiro atoms. The third-order valence-corrected chi connectivity index (χ3v) is 3.66. The molecule has 1 unspecified atom stereocenters. The van der Waals surface area contributed by atoms with Gasteiger partial charge < -0.3 is 4.74 Å². The minimum absolute atomic E-state index is 0.143. The topological polar surface area (TPSA) is 26.3 Å². The summed E-state index contributed by atoms with van der Waals surface area (Å²) >= 11 is 6.24. The largest absolute Gasteiger partial charge is 0.573 e. The lowest BCUT2D eigenvalue weighted by Gasteiger charge is -2.12. The summed E-state index contributed by atoms with van der Waals surface area (Å²) in [7, 11) is 0. The number of hydrogen-bond acceptors (Lipinski definition) is 2. The van der Waals surface area contributed by atoms with E-state index in [9.17, 15) is 18.0 Å². The summed E-state index contributed by atoms with van der Waals surface area (Å²) in [6.07, 6.45) is -4.73. The molecule has 2 nitrogen and oxygen atoms in total. The molecule has 1 aromatic rings. The predicted octanol–water partition coefficient (Wildman–Crippen LogP) is 4.37. The van der Waals surface area contributed by atoms with Crippen LogP contribution in [0.15, 0.2) is 22.7 Å². The Morgan fingerprint density at radius 2 is 2.00 bits per heavy atom.